The highest BCUT2D eigenvalue weighted by molar-refractivity contribution is 7.99. The third kappa shape index (κ3) is 5.45. The van der Waals surface area contributed by atoms with Gasteiger partial charge in [0.2, 0.25) is 0 Å². The molecule has 2 aromatic carbocycles. The van der Waals surface area contributed by atoms with Crippen molar-refractivity contribution in [3.8, 4) is 0 Å². The molecule has 0 saturated carbocycles. The van der Waals surface area contributed by atoms with Crippen molar-refractivity contribution in [1.82, 2.24) is 10.3 Å². The third-order valence-electron chi connectivity index (χ3n) is 3.93. The second kappa shape index (κ2) is 9.74. The SMILES string of the molecule is CCOCCCNC(=O)c1cc(Sc2ccc(Cl)cc2)nc2ccccc12. The Morgan fingerprint density at radius 1 is 1.19 bits per heavy atom. The largest absolute Gasteiger partial charge is 0.382 e. The Morgan fingerprint density at radius 3 is 2.74 bits per heavy atom. The van der Waals surface area contributed by atoms with Gasteiger partial charge in [-0.1, -0.05) is 41.6 Å². The quantitative estimate of drug-likeness (QED) is 0.528. The van der Waals surface area contributed by atoms with E-state index in [-0.39, 0.29) is 5.91 Å². The number of carbonyl (C=O) groups is 1. The fourth-order valence-electron chi connectivity index (χ4n) is 2.63. The van der Waals surface area contributed by atoms with Crippen LogP contribution in [0, 0.1) is 0 Å². The van der Waals surface area contributed by atoms with Gasteiger partial charge >= 0.3 is 0 Å². The molecule has 4 nitrogen and oxygen atoms in total. The van der Waals surface area contributed by atoms with E-state index in [9.17, 15) is 4.79 Å². The molecule has 0 saturated heterocycles. The average molecular weight is 401 g/mol. The topological polar surface area (TPSA) is 51.2 Å². The molecule has 6 heteroatoms. The van der Waals surface area contributed by atoms with Crippen LogP contribution in [0.2, 0.25) is 5.02 Å². The number of hydrogen-bond donors (Lipinski definition) is 1. The number of carbonyl (C=O) groups excluding carboxylic acids is 1. The molecule has 0 aliphatic carbocycles. The van der Waals surface area contributed by atoms with Gasteiger partial charge in [-0.15, -0.1) is 0 Å². The molecule has 27 heavy (non-hydrogen) atoms. The summed E-state index contributed by atoms with van der Waals surface area (Å²) in [6.45, 7) is 3.87. The summed E-state index contributed by atoms with van der Waals surface area (Å²) in [5.74, 6) is -0.0944. The molecule has 0 fully saturated rings. The molecule has 0 radical (unpaired) electrons. The molecule has 3 rings (SSSR count). The zero-order valence-electron chi connectivity index (χ0n) is 15.1. The Kier molecular flexibility index (Phi) is 7.10. The van der Waals surface area contributed by atoms with Crippen molar-refractivity contribution in [2.75, 3.05) is 19.8 Å². The maximum atomic E-state index is 12.7. The number of fused-ring (bicyclic) bond motifs is 1. The number of para-hydroxylation sites is 1. The first-order chi connectivity index (χ1) is 13.2. The van der Waals surface area contributed by atoms with Crippen molar-refractivity contribution >= 4 is 40.2 Å². The number of ether oxygens (including phenoxy) is 1. The van der Waals surface area contributed by atoms with Crippen molar-refractivity contribution in [2.45, 2.75) is 23.3 Å². The van der Waals surface area contributed by atoms with Crippen molar-refractivity contribution in [3.05, 3.63) is 65.2 Å². The lowest BCUT2D eigenvalue weighted by atomic mass is 10.1. The molecule has 1 heterocycles. The number of rotatable bonds is 8. The van der Waals surface area contributed by atoms with Gasteiger partial charge in [-0.3, -0.25) is 4.79 Å². The standard InChI is InChI=1S/C21H21ClN2O2S/c1-2-26-13-5-12-23-21(25)18-14-20(24-19-7-4-3-6-17(18)19)27-16-10-8-15(22)9-11-16/h3-4,6-11,14H,2,5,12-13H2,1H3,(H,23,25). The number of amides is 1. The molecule has 0 spiro atoms. The van der Waals surface area contributed by atoms with Crippen LogP contribution < -0.4 is 5.32 Å². The van der Waals surface area contributed by atoms with E-state index in [0.717, 1.165) is 27.2 Å². The monoisotopic (exact) mass is 400 g/mol. The molecule has 0 aliphatic rings. The molecule has 140 valence electrons. The van der Waals surface area contributed by atoms with Crippen LogP contribution in [0.25, 0.3) is 10.9 Å². The first-order valence-electron chi connectivity index (χ1n) is 8.86. The van der Waals surface area contributed by atoms with E-state index in [1.807, 2.05) is 61.5 Å². The number of benzene rings is 2. The van der Waals surface area contributed by atoms with Gasteiger partial charge in [0.1, 0.15) is 5.03 Å². The van der Waals surface area contributed by atoms with Crippen molar-refractivity contribution in [2.24, 2.45) is 0 Å². The lowest BCUT2D eigenvalue weighted by molar-refractivity contribution is 0.0945. The predicted octanol–water partition coefficient (Wildman–Crippen LogP) is 5.20. The number of hydrogen-bond acceptors (Lipinski definition) is 4. The summed E-state index contributed by atoms with van der Waals surface area (Å²) in [4.78, 5) is 18.4. The lowest BCUT2D eigenvalue weighted by Gasteiger charge is -2.10. The van der Waals surface area contributed by atoms with E-state index in [0.29, 0.717) is 30.3 Å². The van der Waals surface area contributed by atoms with Gasteiger partial charge in [0.05, 0.1) is 11.1 Å². The lowest BCUT2D eigenvalue weighted by Crippen LogP contribution is -2.25. The smallest absolute Gasteiger partial charge is 0.252 e. The zero-order valence-corrected chi connectivity index (χ0v) is 16.6. The van der Waals surface area contributed by atoms with E-state index < -0.39 is 0 Å². The summed E-state index contributed by atoms with van der Waals surface area (Å²) in [5, 5.41) is 5.29. The molecule has 1 aromatic heterocycles. The van der Waals surface area contributed by atoms with Gasteiger partial charge in [-0.2, -0.15) is 0 Å². The summed E-state index contributed by atoms with van der Waals surface area (Å²) in [5.41, 5.74) is 1.43. The molecule has 3 aromatic rings. The normalized spacial score (nSPS) is 10.9. The number of aromatic nitrogens is 1. The fourth-order valence-corrected chi connectivity index (χ4v) is 3.59. The Bertz CT molecular complexity index is 916. The van der Waals surface area contributed by atoms with Crippen LogP contribution in [-0.2, 0) is 4.74 Å². The van der Waals surface area contributed by atoms with Crippen molar-refractivity contribution < 1.29 is 9.53 Å². The molecular weight excluding hydrogens is 380 g/mol. The second-order valence-electron chi connectivity index (χ2n) is 5.89. The number of halogens is 1. The van der Waals surface area contributed by atoms with Gasteiger partial charge in [-0.25, -0.2) is 4.98 Å². The highest BCUT2D eigenvalue weighted by atomic mass is 35.5. The first kappa shape index (κ1) is 19.7. The van der Waals surface area contributed by atoms with Crippen molar-refractivity contribution in [1.29, 1.82) is 0 Å². The number of pyridine rings is 1. The van der Waals surface area contributed by atoms with E-state index >= 15 is 0 Å². The maximum Gasteiger partial charge on any atom is 0.252 e. The predicted molar refractivity (Wildman–Crippen MR) is 111 cm³/mol. The molecule has 0 aliphatic heterocycles. The van der Waals surface area contributed by atoms with Crippen molar-refractivity contribution in [3.63, 3.8) is 0 Å². The zero-order chi connectivity index (χ0) is 19.1. The highest BCUT2D eigenvalue weighted by Crippen LogP contribution is 2.30. The maximum absolute atomic E-state index is 12.7. The Balaban J connectivity index is 1.82. The molecule has 1 N–H and O–H groups in total. The van der Waals surface area contributed by atoms with Crippen LogP contribution in [-0.4, -0.2) is 30.6 Å². The second-order valence-corrected chi connectivity index (χ2v) is 7.42. The number of nitrogens with zero attached hydrogens (tertiary/aromatic N) is 1. The summed E-state index contributed by atoms with van der Waals surface area (Å²) in [6, 6.07) is 17.1. The highest BCUT2D eigenvalue weighted by Gasteiger charge is 2.13. The van der Waals surface area contributed by atoms with Crippen LogP contribution in [0.3, 0.4) is 0 Å². The number of nitrogens with one attached hydrogen (secondary N) is 1. The van der Waals surface area contributed by atoms with Gasteiger partial charge < -0.3 is 10.1 Å². The van der Waals surface area contributed by atoms with Crippen LogP contribution >= 0.6 is 23.4 Å². The van der Waals surface area contributed by atoms with Crippen LogP contribution in [0.15, 0.2) is 64.5 Å². The molecule has 0 bridgehead atoms. The molecule has 1 amide bonds. The van der Waals surface area contributed by atoms with E-state index in [1.165, 1.54) is 11.8 Å². The third-order valence-corrected chi connectivity index (χ3v) is 5.11. The van der Waals surface area contributed by atoms with Crippen LogP contribution in [0.4, 0.5) is 0 Å². The molecular formula is C21H21ClN2O2S. The first-order valence-corrected chi connectivity index (χ1v) is 10.1. The van der Waals surface area contributed by atoms with Crippen LogP contribution in [0.1, 0.15) is 23.7 Å². The minimum atomic E-state index is -0.0944. The average Bonchev–Trinajstić information content (AvgIpc) is 2.69. The summed E-state index contributed by atoms with van der Waals surface area (Å²) in [6.07, 6.45) is 0.787. The summed E-state index contributed by atoms with van der Waals surface area (Å²) < 4.78 is 5.31. The summed E-state index contributed by atoms with van der Waals surface area (Å²) in [7, 11) is 0. The molecule has 0 atom stereocenters. The van der Waals surface area contributed by atoms with E-state index in [2.05, 4.69) is 10.3 Å². The van der Waals surface area contributed by atoms with E-state index in [4.69, 9.17) is 16.3 Å². The van der Waals surface area contributed by atoms with Gasteiger partial charge in [0, 0.05) is 35.1 Å². The fraction of sp³-hybridized carbons (Fsp3) is 0.238. The van der Waals surface area contributed by atoms with Crippen LogP contribution in [0.5, 0.6) is 0 Å². The summed E-state index contributed by atoms with van der Waals surface area (Å²) >= 11 is 7.46. The Morgan fingerprint density at radius 2 is 1.96 bits per heavy atom. The molecule has 0 unspecified atom stereocenters. The van der Waals surface area contributed by atoms with Gasteiger partial charge in [0.25, 0.3) is 5.91 Å². The minimum Gasteiger partial charge on any atom is -0.382 e. The van der Waals surface area contributed by atoms with Gasteiger partial charge in [0.15, 0.2) is 0 Å². The Labute approximate surface area is 168 Å². The Hall–Kier alpha value is -2.08. The van der Waals surface area contributed by atoms with E-state index in [1.54, 1.807) is 0 Å². The van der Waals surface area contributed by atoms with Gasteiger partial charge in [-0.05, 0) is 49.7 Å². The minimum absolute atomic E-state index is 0.0944.